The lowest BCUT2D eigenvalue weighted by Gasteiger charge is -2.39. The highest BCUT2D eigenvalue weighted by Gasteiger charge is 2.35. The Morgan fingerprint density at radius 3 is 2.96 bits per heavy atom. The molecule has 0 aromatic carbocycles. The molecule has 1 N–H and O–H groups in total. The number of H-pyrrole nitrogens is 1. The number of likely N-dealkylation sites (N-methyl/N-ethyl adjacent to an activating group) is 1. The van der Waals surface area contributed by atoms with Gasteiger partial charge in [0.1, 0.15) is 5.82 Å². The maximum absolute atomic E-state index is 12.7. The van der Waals surface area contributed by atoms with Gasteiger partial charge >= 0.3 is 0 Å². The second kappa shape index (κ2) is 7.29. The van der Waals surface area contributed by atoms with E-state index in [0.717, 1.165) is 38.4 Å². The van der Waals surface area contributed by atoms with Crippen molar-refractivity contribution in [1.29, 1.82) is 0 Å². The Bertz CT molecular complexity index is 584. The van der Waals surface area contributed by atoms with Crippen molar-refractivity contribution in [2.75, 3.05) is 38.5 Å². The van der Waals surface area contributed by atoms with Crippen LogP contribution < -0.4 is 0 Å². The number of nitrogens with zero attached hydrogens (tertiary/aromatic N) is 3. The number of piperazine rings is 1. The van der Waals surface area contributed by atoms with Crippen LogP contribution in [0.3, 0.4) is 0 Å². The van der Waals surface area contributed by atoms with Gasteiger partial charge in [-0.1, -0.05) is 6.92 Å². The van der Waals surface area contributed by atoms with Crippen molar-refractivity contribution in [3.63, 3.8) is 0 Å². The molecule has 2 unspecified atom stereocenters. The lowest BCUT2D eigenvalue weighted by atomic mass is 10.2. The summed E-state index contributed by atoms with van der Waals surface area (Å²) < 4.78 is 32.5. The normalized spacial score (nSPS) is 27.5. The standard InChI is InChI=1S/C15H26N4O3S/c1-2-18-8-9-19(12-14(18)15-16-6-7-17-15)23(20,21)11-5-13-4-3-10-22-13/h6-7,13-14H,2-5,8-12H2,1H3,(H,16,17). The first kappa shape index (κ1) is 16.9. The lowest BCUT2D eigenvalue weighted by Crippen LogP contribution is -2.51. The molecule has 3 heterocycles. The Labute approximate surface area is 138 Å². The zero-order valence-corrected chi connectivity index (χ0v) is 14.5. The van der Waals surface area contributed by atoms with Crippen LogP contribution in [-0.2, 0) is 14.8 Å². The number of hydrogen-bond donors (Lipinski definition) is 1. The van der Waals surface area contributed by atoms with Crippen LogP contribution in [0.1, 0.15) is 38.1 Å². The Balaban J connectivity index is 1.64. The van der Waals surface area contributed by atoms with E-state index in [-0.39, 0.29) is 17.9 Å². The third-order valence-corrected chi connectivity index (χ3v) is 6.68. The topological polar surface area (TPSA) is 78.5 Å². The molecule has 2 aliphatic rings. The Morgan fingerprint density at radius 2 is 2.30 bits per heavy atom. The van der Waals surface area contributed by atoms with E-state index in [0.29, 0.717) is 19.5 Å². The molecule has 23 heavy (non-hydrogen) atoms. The number of aromatic amines is 1. The van der Waals surface area contributed by atoms with Gasteiger partial charge in [0, 0.05) is 38.6 Å². The van der Waals surface area contributed by atoms with Crippen LogP contribution in [0.25, 0.3) is 0 Å². The number of aromatic nitrogens is 2. The highest BCUT2D eigenvalue weighted by Crippen LogP contribution is 2.25. The van der Waals surface area contributed by atoms with E-state index in [9.17, 15) is 8.42 Å². The van der Waals surface area contributed by atoms with Crippen molar-refractivity contribution >= 4 is 10.0 Å². The van der Waals surface area contributed by atoms with E-state index in [4.69, 9.17) is 4.74 Å². The summed E-state index contributed by atoms with van der Waals surface area (Å²) in [7, 11) is -3.24. The molecule has 130 valence electrons. The van der Waals surface area contributed by atoms with Gasteiger partial charge in [0.2, 0.25) is 10.0 Å². The largest absolute Gasteiger partial charge is 0.378 e. The predicted molar refractivity (Wildman–Crippen MR) is 87.5 cm³/mol. The van der Waals surface area contributed by atoms with Gasteiger partial charge in [0.15, 0.2) is 0 Å². The number of ether oxygens (including phenoxy) is 1. The molecule has 2 fully saturated rings. The summed E-state index contributed by atoms with van der Waals surface area (Å²) in [6.45, 7) is 5.50. The predicted octanol–water partition coefficient (Wildman–Crippen LogP) is 0.987. The molecule has 2 atom stereocenters. The van der Waals surface area contributed by atoms with Crippen LogP contribution in [0, 0.1) is 0 Å². The first-order valence-electron chi connectivity index (χ1n) is 8.43. The molecule has 8 heteroatoms. The molecule has 0 saturated carbocycles. The fourth-order valence-corrected chi connectivity index (χ4v) is 4.97. The fraction of sp³-hybridized carbons (Fsp3) is 0.800. The van der Waals surface area contributed by atoms with Gasteiger partial charge in [-0.3, -0.25) is 4.90 Å². The van der Waals surface area contributed by atoms with Crippen LogP contribution in [0.2, 0.25) is 0 Å². The molecular weight excluding hydrogens is 316 g/mol. The second-order valence-electron chi connectivity index (χ2n) is 6.22. The van der Waals surface area contributed by atoms with E-state index in [1.807, 2.05) is 0 Å². The molecule has 2 saturated heterocycles. The first-order chi connectivity index (χ1) is 11.1. The van der Waals surface area contributed by atoms with Gasteiger partial charge in [-0.2, -0.15) is 4.31 Å². The van der Waals surface area contributed by atoms with Crippen LogP contribution in [0.5, 0.6) is 0 Å². The minimum absolute atomic E-state index is 0.00116. The van der Waals surface area contributed by atoms with Gasteiger partial charge in [0.05, 0.1) is 17.9 Å². The monoisotopic (exact) mass is 342 g/mol. The molecule has 3 rings (SSSR count). The Kier molecular flexibility index (Phi) is 5.35. The van der Waals surface area contributed by atoms with Crippen LogP contribution in [-0.4, -0.2) is 72.2 Å². The van der Waals surface area contributed by atoms with E-state index in [2.05, 4.69) is 21.8 Å². The third kappa shape index (κ3) is 3.93. The summed E-state index contributed by atoms with van der Waals surface area (Å²) in [6, 6.07) is 0.00116. The molecule has 7 nitrogen and oxygen atoms in total. The first-order valence-corrected chi connectivity index (χ1v) is 10.0. The van der Waals surface area contributed by atoms with Gasteiger partial charge in [-0.25, -0.2) is 13.4 Å². The number of imidazole rings is 1. The highest BCUT2D eigenvalue weighted by atomic mass is 32.2. The van der Waals surface area contributed by atoms with Crippen LogP contribution in [0.15, 0.2) is 12.4 Å². The SMILES string of the molecule is CCN1CCN(S(=O)(=O)CCC2CCCO2)CC1c1ncc[nH]1. The molecule has 0 amide bonds. The number of sulfonamides is 1. The molecule has 1 aromatic rings. The lowest BCUT2D eigenvalue weighted by molar-refractivity contribution is 0.106. The van der Waals surface area contributed by atoms with Crippen molar-refractivity contribution in [3.8, 4) is 0 Å². The smallest absolute Gasteiger partial charge is 0.214 e. The number of nitrogens with one attached hydrogen (secondary N) is 1. The van der Waals surface area contributed by atoms with Gasteiger partial charge in [-0.15, -0.1) is 0 Å². The summed E-state index contributed by atoms with van der Waals surface area (Å²) in [5, 5.41) is 0. The Hall–Kier alpha value is -0.960. The number of rotatable bonds is 6. The minimum Gasteiger partial charge on any atom is -0.378 e. The van der Waals surface area contributed by atoms with Gasteiger partial charge in [0.25, 0.3) is 0 Å². The average molecular weight is 342 g/mol. The molecule has 2 aliphatic heterocycles. The maximum Gasteiger partial charge on any atom is 0.214 e. The van der Waals surface area contributed by atoms with E-state index < -0.39 is 10.0 Å². The zero-order chi connectivity index (χ0) is 16.3. The van der Waals surface area contributed by atoms with Gasteiger partial charge < -0.3 is 9.72 Å². The molecule has 0 spiro atoms. The summed E-state index contributed by atoms with van der Waals surface area (Å²) in [5.41, 5.74) is 0. The molecule has 0 bridgehead atoms. The van der Waals surface area contributed by atoms with Crippen molar-refractivity contribution < 1.29 is 13.2 Å². The summed E-state index contributed by atoms with van der Waals surface area (Å²) in [5.74, 6) is 1.01. The quantitative estimate of drug-likeness (QED) is 0.834. The third-order valence-electron chi connectivity index (χ3n) is 4.81. The van der Waals surface area contributed by atoms with E-state index in [1.54, 1.807) is 16.7 Å². The minimum atomic E-state index is -3.24. The summed E-state index contributed by atoms with van der Waals surface area (Å²) in [6.07, 6.45) is 6.24. The highest BCUT2D eigenvalue weighted by molar-refractivity contribution is 7.89. The van der Waals surface area contributed by atoms with Crippen molar-refractivity contribution in [2.24, 2.45) is 0 Å². The van der Waals surface area contributed by atoms with Crippen molar-refractivity contribution in [3.05, 3.63) is 18.2 Å². The zero-order valence-electron chi connectivity index (χ0n) is 13.6. The van der Waals surface area contributed by atoms with Crippen molar-refractivity contribution in [1.82, 2.24) is 19.2 Å². The second-order valence-corrected chi connectivity index (χ2v) is 8.31. The van der Waals surface area contributed by atoms with Crippen molar-refractivity contribution in [2.45, 2.75) is 38.3 Å². The van der Waals surface area contributed by atoms with Crippen LogP contribution >= 0.6 is 0 Å². The Morgan fingerprint density at radius 1 is 1.43 bits per heavy atom. The molecular formula is C15H26N4O3S. The van der Waals surface area contributed by atoms with Gasteiger partial charge in [-0.05, 0) is 25.8 Å². The number of hydrogen-bond acceptors (Lipinski definition) is 5. The average Bonchev–Trinajstić information content (AvgIpc) is 3.25. The molecule has 0 aliphatic carbocycles. The molecule has 1 aromatic heterocycles. The maximum atomic E-state index is 12.7. The molecule has 0 radical (unpaired) electrons. The van der Waals surface area contributed by atoms with Crippen LogP contribution in [0.4, 0.5) is 0 Å². The summed E-state index contributed by atoms with van der Waals surface area (Å²) in [4.78, 5) is 9.72. The summed E-state index contributed by atoms with van der Waals surface area (Å²) >= 11 is 0. The van der Waals surface area contributed by atoms with E-state index >= 15 is 0 Å². The van der Waals surface area contributed by atoms with E-state index in [1.165, 1.54) is 0 Å². The fourth-order valence-electron chi connectivity index (χ4n) is 3.43.